The van der Waals surface area contributed by atoms with Crippen LogP contribution in [0.2, 0.25) is 0 Å². The van der Waals surface area contributed by atoms with Crippen molar-refractivity contribution >= 4 is 29.7 Å². The first-order chi connectivity index (χ1) is 7.11. The number of halogens is 1. The Labute approximate surface area is 107 Å². The summed E-state index contributed by atoms with van der Waals surface area (Å²) in [5.74, 6) is 0.133. The monoisotopic (exact) mass is 262 g/mol. The van der Waals surface area contributed by atoms with E-state index in [2.05, 4.69) is 11.4 Å². The second-order valence-corrected chi connectivity index (χ2v) is 4.92. The predicted molar refractivity (Wildman–Crippen MR) is 71.1 cm³/mol. The van der Waals surface area contributed by atoms with Crippen LogP contribution < -0.4 is 11.1 Å². The maximum absolute atomic E-state index is 11.5. The highest BCUT2D eigenvalue weighted by Gasteiger charge is 2.16. The molecule has 0 aromatic carbocycles. The van der Waals surface area contributed by atoms with E-state index in [4.69, 9.17) is 5.73 Å². The van der Waals surface area contributed by atoms with Gasteiger partial charge in [-0.3, -0.25) is 4.79 Å². The van der Waals surface area contributed by atoms with E-state index in [0.29, 0.717) is 6.54 Å². The van der Waals surface area contributed by atoms with E-state index in [9.17, 15) is 4.79 Å². The lowest BCUT2D eigenvalue weighted by Gasteiger charge is -2.14. The minimum Gasteiger partial charge on any atom is -0.354 e. The molecule has 1 aromatic rings. The van der Waals surface area contributed by atoms with Crippen molar-refractivity contribution in [3.8, 4) is 0 Å². The van der Waals surface area contributed by atoms with Crippen molar-refractivity contribution in [2.75, 3.05) is 6.54 Å². The molecule has 16 heavy (non-hydrogen) atoms. The Bertz CT molecular complexity index is 301. The fourth-order valence-corrected chi connectivity index (χ4v) is 1.89. The molecule has 0 aliphatic carbocycles. The second kappa shape index (κ2) is 7.65. The molecule has 0 unspecified atom stereocenters. The van der Waals surface area contributed by atoms with E-state index in [1.807, 2.05) is 25.3 Å². The topological polar surface area (TPSA) is 55.1 Å². The Morgan fingerprint density at radius 2 is 2.25 bits per heavy atom. The molecule has 0 aliphatic rings. The molecule has 1 amide bonds. The first-order valence-corrected chi connectivity index (χ1v) is 6.05. The van der Waals surface area contributed by atoms with Crippen LogP contribution in [-0.4, -0.2) is 18.5 Å². The molecule has 1 rings (SSSR count). The number of thiophene rings is 1. The zero-order valence-electron chi connectivity index (χ0n) is 9.60. The highest BCUT2D eigenvalue weighted by atomic mass is 35.5. The minimum atomic E-state index is -0.395. The van der Waals surface area contributed by atoms with Crippen molar-refractivity contribution in [1.29, 1.82) is 0 Å². The van der Waals surface area contributed by atoms with E-state index >= 15 is 0 Å². The van der Waals surface area contributed by atoms with Gasteiger partial charge in [0.15, 0.2) is 0 Å². The van der Waals surface area contributed by atoms with E-state index in [0.717, 1.165) is 6.42 Å². The van der Waals surface area contributed by atoms with Crippen LogP contribution in [0.25, 0.3) is 0 Å². The van der Waals surface area contributed by atoms with Gasteiger partial charge in [0.2, 0.25) is 5.91 Å². The van der Waals surface area contributed by atoms with E-state index in [1.165, 1.54) is 4.88 Å². The highest BCUT2D eigenvalue weighted by molar-refractivity contribution is 7.09. The molecule has 0 aliphatic heterocycles. The molecule has 0 fully saturated rings. The van der Waals surface area contributed by atoms with Gasteiger partial charge in [0.05, 0.1) is 6.04 Å². The van der Waals surface area contributed by atoms with Crippen LogP contribution in [0.1, 0.15) is 18.7 Å². The molecule has 92 valence electrons. The minimum absolute atomic E-state index is 0. The summed E-state index contributed by atoms with van der Waals surface area (Å²) in [6.07, 6.45) is 0.883. The van der Waals surface area contributed by atoms with Crippen molar-refractivity contribution in [3.63, 3.8) is 0 Å². The molecule has 1 atom stereocenters. The number of nitrogens with one attached hydrogen (secondary N) is 1. The number of hydrogen-bond acceptors (Lipinski definition) is 3. The maximum Gasteiger partial charge on any atom is 0.237 e. The van der Waals surface area contributed by atoms with Crippen LogP contribution >= 0.6 is 23.7 Å². The lowest BCUT2D eigenvalue weighted by molar-refractivity contribution is -0.123. The van der Waals surface area contributed by atoms with Gasteiger partial charge in [-0.15, -0.1) is 23.7 Å². The lowest BCUT2D eigenvalue weighted by atomic mass is 10.1. The van der Waals surface area contributed by atoms with Crippen molar-refractivity contribution in [1.82, 2.24) is 5.32 Å². The largest absolute Gasteiger partial charge is 0.354 e. The normalized spacial score (nSPS) is 12.0. The molecular formula is C11H19ClN2OS. The Kier molecular flexibility index (Phi) is 7.38. The van der Waals surface area contributed by atoms with Crippen LogP contribution in [0.5, 0.6) is 0 Å². The Hall–Kier alpha value is -0.580. The van der Waals surface area contributed by atoms with Crippen molar-refractivity contribution < 1.29 is 4.79 Å². The summed E-state index contributed by atoms with van der Waals surface area (Å²) in [5, 5.41) is 4.88. The molecule has 0 saturated carbocycles. The molecule has 0 bridgehead atoms. The maximum atomic E-state index is 11.5. The van der Waals surface area contributed by atoms with Gasteiger partial charge in [0.25, 0.3) is 0 Å². The third-order valence-corrected chi connectivity index (χ3v) is 3.21. The van der Waals surface area contributed by atoms with Gasteiger partial charge in [-0.2, -0.15) is 0 Å². The Morgan fingerprint density at radius 3 is 2.75 bits per heavy atom. The fraction of sp³-hybridized carbons (Fsp3) is 0.545. The number of nitrogens with two attached hydrogens (primary N) is 1. The molecule has 1 aromatic heterocycles. The van der Waals surface area contributed by atoms with Crippen LogP contribution in [-0.2, 0) is 11.2 Å². The second-order valence-electron chi connectivity index (χ2n) is 3.89. The van der Waals surface area contributed by atoms with Crippen molar-refractivity contribution in [2.24, 2.45) is 11.7 Å². The third kappa shape index (κ3) is 4.96. The predicted octanol–water partition coefficient (Wildman–Crippen LogP) is 1.81. The third-order valence-electron chi connectivity index (χ3n) is 2.27. The summed E-state index contributed by atoms with van der Waals surface area (Å²) in [4.78, 5) is 12.8. The number of amides is 1. The molecule has 0 radical (unpaired) electrons. The smallest absolute Gasteiger partial charge is 0.237 e. The Morgan fingerprint density at radius 1 is 1.56 bits per heavy atom. The van der Waals surface area contributed by atoms with Crippen molar-refractivity contribution in [2.45, 2.75) is 26.3 Å². The molecule has 0 saturated heterocycles. The van der Waals surface area contributed by atoms with E-state index in [-0.39, 0.29) is 24.2 Å². The van der Waals surface area contributed by atoms with Crippen LogP contribution in [0.3, 0.4) is 0 Å². The van der Waals surface area contributed by atoms with Gasteiger partial charge in [-0.25, -0.2) is 0 Å². The summed E-state index contributed by atoms with van der Waals surface area (Å²) < 4.78 is 0. The van der Waals surface area contributed by atoms with Gasteiger partial charge in [0.1, 0.15) is 0 Å². The lowest BCUT2D eigenvalue weighted by Crippen LogP contribution is -2.44. The SMILES string of the molecule is CC(C)[C@@H](N)C(=O)NCCc1cccs1.Cl. The standard InChI is InChI=1S/C11H18N2OS.ClH/c1-8(2)10(12)11(14)13-6-5-9-4-3-7-15-9;/h3-4,7-8,10H,5-6,12H2,1-2H3,(H,13,14);1H/t10-;/m1./s1. The zero-order chi connectivity index (χ0) is 11.3. The number of rotatable bonds is 5. The van der Waals surface area contributed by atoms with E-state index < -0.39 is 6.04 Å². The van der Waals surface area contributed by atoms with Crippen LogP contribution in [0, 0.1) is 5.92 Å². The van der Waals surface area contributed by atoms with Gasteiger partial charge in [-0.05, 0) is 23.8 Å². The molecule has 1 heterocycles. The van der Waals surface area contributed by atoms with Gasteiger partial charge >= 0.3 is 0 Å². The number of carbonyl (C=O) groups excluding carboxylic acids is 1. The molecule has 3 N–H and O–H groups in total. The van der Waals surface area contributed by atoms with Gasteiger partial charge in [0, 0.05) is 11.4 Å². The van der Waals surface area contributed by atoms with E-state index in [1.54, 1.807) is 11.3 Å². The molecular weight excluding hydrogens is 244 g/mol. The fourth-order valence-electron chi connectivity index (χ4n) is 1.18. The summed E-state index contributed by atoms with van der Waals surface area (Å²) in [6.45, 7) is 4.56. The summed E-state index contributed by atoms with van der Waals surface area (Å²) in [6, 6.07) is 3.69. The van der Waals surface area contributed by atoms with Crippen LogP contribution in [0.15, 0.2) is 17.5 Å². The average molecular weight is 263 g/mol. The van der Waals surface area contributed by atoms with Gasteiger partial charge in [-0.1, -0.05) is 19.9 Å². The molecule has 3 nitrogen and oxygen atoms in total. The van der Waals surface area contributed by atoms with Crippen molar-refractivity contribution in [3.05, 3.63) is 22.4 Å². The molecule has 5 heteroatoms. The summed E-state index contributed by atoms with van der Waals surface area (Å²) >= 11 is 1.71. The quantitative estimate of drug-likeness (QED) is 0.850. The first kappa shape index (κ1) is 15.4. The van der Waals surface area contributed by atoms with Gasteiger partial charge < -0.3 is 11.1 Å². The molecule has 0 spiro atoms. The number of carbonyl (C=O) groups is 1. The Balaban J connectivity index is 0.00000225. The first-order valence-electron chi connectivity index (χ1n) is 5.17. The van der Waals surface area contributed by atoms with Crippen LogP contribution in [0.4, 0.5) is 0 Å². The number of hydrogen-bond donors (Lipinski definition) is 2. The zero-order valence-corrected chi connectivity index (χ0v) is 11.2. The summed E-state index contributed by atoms with van der Waals surface area (Å²) in [7, 11) is 0. The highest BCUT2D eigenvalue weighted by Crippen LogP contribution is 2.08. The summed E-state index contributed by atoms with van der Waals surface area (Å²) in [5.41, 5.74) is 5.71. The average Bonchev–Trinajstić information content (AvgIpc) is 2.69.